The van der Waals surface area contributed by atoms with E-state index in [4.69, 9.17) is 14.0 Å². The van der Waals surface area contributed by atoms with Crippen LogP contribution in [0.3, 0.4) is 0 Å². The maximum absolute atomic E-state index is 13.6. The lowest BCUT2D eigenvalue weighted by molar-refractivity contribution is -0.142. The molecule has 1 aromatic heterocycles. The molecule has 1 aliphatic carbocycles. The van der Waals surface area contributed by atoms with Crippen molar-refractivity contribution in [1.29, 1.82) is 0 Å². The van der Waals surface area contributed by atoms with Crippen molar-refractivity contribution < 1.29 is 23.6 Å². The van der Waals surface area contributed by atoms with E-state index in [9.17, 15) is 9.59 Å². The van der Waals surface area contributed by atoms with E-state index < -0.39 is 12.7 Å². The van der Waals surface area contributed by atoms with Crippen LogP contribution in [0.1, 0.15) is 60.9 Å². The van der Waals surface area contributed by atoms with Crippen LogP contribution in [0, 0.1) is 0 Å². The highest BCUT2D eigenvalue weighted by molar-refractivity contribution is 6.63. The Labute approximate surface area is 194 Å². The molecule has 3 aliphatic rings. The van der Waals surface area contributed by atoms with Gasteiger partial charge in [-0.25, -0.2) is 0 Å². The maximum Gasteiger partial charge on any atom is 0.563 e. The summed E-state index contributed by atoms with van der Waals surface area (Å²) in [5.41, 5.74) is 4.86. The zero-order valence-corrected chi connectivity index (χ0v) is 19.5. The lowest BCUT2D eigenvalue weighted by Gasteiger charge is -2.32. The van der Waals surface area contributed by atoms with Crippen LogP contribution in [0.2, 0.25) is 0 Å². The minimum Gasteiger partial charge on any atom is -0.534 e. The number of fused-ring (bicyclic) bond motifs is 3. The number of anilines is 1. The summed E-state index contributed by atoms with van der Waals surface area (Å²) in [5, 5.41) is 0. The molecule has 1 amide bonds. The summed E-state index contributed by atoms with van der Waals surface area (Å²) in [4.78, 5) is 27.1. The molecule has 7 nitrogen and oxygen atoms in total. The van der Waals surface area contributed by atoms with Gasteiger partial charge in [0.15, 0.2) is 0 Å². The van der Waals surface area contributed by atoms with Crippen molar-refractivity contribution in [1.82, 2.24) is 4.57 Å². The molecule has 0 spiro atoms. The predicted molar refractivity (Wildman–Crippen MR) is 125 cm³/mol. The van der Waals surface area contributed by atoms with Crippen molar-refractivity contribution in [2.24, 2.45) is 0 Å². The molecular weight excluding hydrogens is 419 g/mol. The van der Waals surface area contributed by atoms with Crippen LogP contribution in [0.5, 0.6) is 0 Å². The predicted octanol–water partition coefficient (Wildman–Crippen LogP) is 3.12. The fourth-order valence-corrected chi connectivity index (χ4v) is 5.02. The SMILES string of the molecule is C=C1OB(c2cccc(N3CCn4c(cc5c4CCCC5)C3=O)c2COC(C)=O)OC1(C)C. The van der Waals surface area contributed by atoms with Crippen molar-refractivity contribution >= 4 is 30.1 Å². The van der Waals surface area contributed by atoms with E-state index in [0.717, 1.165) is 30.5 Å². The molecule has 2 aliphatic heterocycles. The van der Waals surface area contributed by atoms with Crippen LogP contribution in [0.4, 0.5) is 5.69 Å². The zero-order chi connectivity index (χ0) is 23.3. The average Bonchev–Trinajstić information content (AvgIpc) is 3.29. The second-order valence-electron chi connectivity index (χ2n) is 9.44. The third-order valence-electron chi connectivity index (χ3n) is 6.89. The van der Waals surface area contributed by atoms with Crippen molar-refractivity contribution in [3.63, 3.8) is 0 Å². The van der Waals surface area contributed by atoms with Crippen molar-refractivity contribution in [3.8, 4) is 0 Å². The molecule has 3 heterocycles. The quantitative estimate of drug-likeness (QED) is 0.531. The van der Waals surface area contributed by atoms with E-state index in [-0.39, 0.29) is 18.5 Å². The van der Waals surface area contributed by atoms with Crippen LogP contribution in [-0.4, -0.2) is 35.7 Å². The van der Waals surface area contributed by atoms with Gasteiger partial charge in [-0.05, 0) is 57.2 Å². The van der Waals surface area contributed by atoms with E-state index in [1.807, 2.05) is 32.0 Å². The van der Waals surface area contributed by atoms with Crippen molar-refractivity contribution in [2.75, 3.05) is 11.4 Å². The number of carbonyl (C=O) groups excluding carboxylic acids is 2. The number of nitrogens with zero attached hydrogens (tertiary/aromatic N) is 2. The topological polar surface area (TPSA) is 70.0 Å². The molecule has 1 fully saturated rings. The van der Waals surface area contributed by atoms with Crippen LogP contribution in [-0.2, 0) is 44.8 Å². The van der Waals surface area contributed by atoms with E-state index in [1.54, 1.807) is 4.90 Å². The fraction of sp³-hybridized carbons (Fsp3) is 0.440. The van der Waals surface area contributed by atoms with Gasteiger partial charge in [0, 0.05) is 36.7 Å². The Morgan fingerprint density at radius 3 is 2.76 bits per heavy atom. The summed E-state index contributed by atoms with van der Waals surface area (Å²) >= 11 is 0. The maximum atomic E-state index is 13.6. The molecule has 5 rings (SSSR count). The molecule has 172 valence electrons. The number of rotatable bonds is 4. The third kappa shape index (κ3) is 3.76. The number of amides is 1. The molecule has 0 saturated carbocycles. The van der Waals surface area contributed by atoms with Gasteiger partial charge in [0.05, 0.1) is 11.4 Å². The van der Waals surface area contributed by atoms with E-state index >= 15 is 0 Å². The average molecular weight is 448 g/mol. The first kappa shape index (κ1) is 21.8. The Morgan fingerprint density at radius 2 is 2.03 bits per heavy atom. The number of aryl methyl sites for hydroxylation is 1. The normalized spacial score (nSPS) is 19.2. The summed E-state index contributed by atoms with van der Waals surface area (Å²) < 4.78 is 19.6. The van der Waals surface area contributed by atoms with Crippen molar-refractivity contribution in [2.45, 2.75) is 65.2 Å². The first-order chi connectivity index (χ1) is 15.8. The number of hydrogen-bond acceptors (Lipinski definition) is 5. The summed E-state index contributed by atoms with van der Waals surface area (Å²) in [6.07, 6.45) is 4.41. The smallest absolute Gasteiger partial charge is 0.534 e. The second kappa shape index (κ2) is 8.10. The molecule has 0 radical (unpaired) electrons. The minimum absolute atomic E-state index is 0.0260. The van der Waals surface area contributed by atoms with Gasteiger partial charge in [0.2, 0.25) is 0 Å². The first-order valence-electron chi connectivity index (χ1n) is 11.6. The third-order valence-corrected chi connectivity index (χ3v) is 6.89. The van der Waals surface area contributed by atoms with Gasteiger partial charge in [-0.1, -0.05) is 18.7 Å². The molecule has 0 N–H and O–H groups in total. The Balaban J connectivity index is 1.54. The van der Waals surface area contributed by atoms with Gasteiger partial charge in [-0.3, -0.25) is 9.59 Å². The van der Waals surface area contributed by atoms with Crippen molar-refractivity contribution in [3.05, 3.63) is 59.1 Å². The van der Waals surface area contributed by atoms with Crippen LogP contribution >= 0.6 is 0 Å². The Bertz CT molecular complexity index is 1150. The van der Waals surface area contributed by atoms with Gasteiger partial charge in [0.1, 0.15) is 17.9 Å². The summed E-state index contributed by atoms with van der Waals surface area (Å²) in [6.45, 7) is 10.5. The number of carbonyl (C=O) groups is 2. The Kier molecular flexibility index (Phi) is 5.36. The molecule has 8 heteroatoms. The summed E-state index contributed by atoms with van der Waals surface area (Å²) in [5.74, 6) is 0.115. The number of esters is 1. The fourth-order valence-electron chi connectivity index (χ4n) is 5.02. The number of hydrogen-bond donors (Lipinski definition) is 0. The lowest BCUT2D eigenvalue weighted by Crippen LogP contribution is -2.43. The highest BCUT2D eigenvalue weighted by Crippen LogP contribution is 2.33. The van der Waals surface area contributed by atoms with Gasteiger partial charge < -0.3 is 23.5 Å². The van der Waals surface area contributed by atoms with E-state index in [1.165, 1.54) is 31.0 Å². The van der Waals surface area contributed by atoms with Gasteiger partial charge in [-0.15, -0.1) is 0 Å². The van der Waals surface area contributed by atoms with Gasteiger partial charge in [0.25, 0.3) is 5.91 Å². The molecule has 0 atom stereocenters. The largest absolute Gasteiger partial charge is 0.563 e. The highest BCUT2D eigenvalue weighted by atomic mass is 16.7. The van der Waals surface area contributed by atoms with Crippen LogP contribution in [0.25, 0.3) is 0 Å². The molecule has 0 bridgehead atoms. The minimum atomic E-state index is -0.686. The van der Waals surface area contributed by atoms with Crippen LogP contribution in [0.15, 0.2) is 36.6 Å². The Hall–Kier alpha value is -3.00. The summed E-state index contributed by atoms with van der Waals surface area (Å²) in [6, 6.07) is 7.73. The molecule has 33 heavy (non-hydrogen) atoms. The van der Waals surface area contributed by atoms with Crippen LogP contribution < -0.4 is 10.4 Å². The Morgan fingerprint density at radius 1 is 1.24 bits per heavy atom. The number of benzene rings is 1. The van der Waals surface area contributed by atoms with E-state index in [2.05, 4.69) is 17.2 Å². The molecular formula is C25H29BN2O5. The zero-order valence-electron chi connectivity index (χ0n) is 19.5. The van der Waals surface area contributed by atoms with E-state index in [0.29, 0.717) is 23.6 Å². The van der Waals surface area contributed by atoms with Gasteiger partial charge in [-0.2, -0.15) is 0 Å². The molecule has 0 unspecified atom stereocenters. The second-order valence-corrected chi connectivity index (χ2v) is 9.44. The standard InChI is InChI=1S/C25H29BN2O5/c1-16-25(3,4)33-26(32-16)20-9-7-11-22(19(20)15-31-17(2)29)28-13-12-27-21-10-6-5-8-18(21)14-23(27)24(28)30/h7,9,11,14H,1,5-6,8,10,12-13,15H2,2-4H3. The lowest BCUT2D eigenvalue weighted by atomic mass is 9.75. The highest BCUT2D eigenvalue weighted by Gasteiger charge is 2.44. The summed E-state index contributed by atoms with van der Waals surface area (Å²) in [7, 11) is -0.686. The monoisotopic (exact) mass is 448 g/mol. The number of aromatic nitrogens is 1. The molecule has 1 saturated heterocycles. The molecule has 2 aromatic rings. The molecule has 1 aromatic carbocycles. The number of ether oxygens (including phenoxy) is 1. The first-order valence-corrected chi connectivity index (χ1v) is 11.6. The van der Waals surface area contributed by atoms with Gasteiger partial charge >= 0.3 is 13.1 Å².